The van der Waals surface area contributed by atoms with Gasteiger partial charge in [0.1, 0.15) is 0 Å². The summed E-state index contributed by atoms with van der Waals surface area (Å²) in [5.41, 5.74) is 10.2. The Balaban J connectivity index is 1.46. The van der Waals surface area contributed by atoms with E-state index in [4.69, 9.17) is 5.73 Å². The average Bonchev–Trinajstić information content (AvgIpc) is 3.17. The number of aromatic nitrogens is 1. The van der Waals surface area contributed by atoms with Crippen LogP contribution in [0.3, 0.4) is 0 Å². The molecular weight excluding hydrogens is 332 g/mol. The predicted octanol–water partition coefficient (Wildman–Crippen LogP) is 2.50. The number of carbonyl (C=O) groups excluding carboxylic acids is 1. The molecule has 0 aliphatic carbocycles. The number of rotatable bonds is 7. The van der Waals surface area contributed by atoms with Crippen molar-refractivity contribution in [1.29, 1.82) is 0 Å². The normalized spacial score (nSPS) is 18.1. The summed E-state index contributed by atoms with van der Waals surface area (Å²) < 4.78 is 0. The summed E-state index contributed by atoms with van der Waals surface area (Å²) in [6.07, 6.45) is 1.24. The van der Waals surface area contributed by atoms with Gasteiger partial charge < -0.3 is 10.6 Å². The zero-order valence-corrected chi connectivity index (χ0v) is 15.8. The average molecular weight is 359 g/mol. The third-order valence-electron chi connectivity index (χ3n) is 4.84. The van der Waals surface area contributed by atoms with E-state index in [1.807, 2.05) is 29.8 Å². The number of likely N-dealkylation sites (tertiary alicyclic amines) is 1. The first-order valence-electron chi connectivity index (χ1n) is 8.70. The second-order valence-corrected chi connectivity index (χ2v) is 7.95. The van der Waals surface area contributed by atoms with E-state index in [1.54, 1.807) is 11.3 Å². The molecule has 1 atom stereocenters. The molecule has 0 spiro atoms. The Morgan fingerprint density at radius 2 is 2.16 bits per heavy atom. The van der Waals surface area contributed by atoms with Crippen LogP contribution >= 0.6 is 11.3 Å². The monoisotopic (exact) mass is 358 g/mol. The molecule has 0 radical (unpaired) electrons. The molecule has 1 aromatic carbocycles. The number of benzene rings is 1. The van der Waals surface area contributed by atoms with E-state index < -0.39 is 0 Å². The lowest BCUT2D eigenvalue weighted by molar-refractivity contribution is 0.100. The third kappa shape index (κ3) is 4.87. The number of hydrogen-bond acceptors (Lipinski definition) is 5. The van der Waals surface area contributed by atoms with Gasteiger partial charge in [0.05, 0.1) is 11.2 Å². The Morgan fingerprint density at radius 3 is 2.80 bits per heavy atom. The van der Waals surface area contributed by atoms with Crippen molar-refractivity contribution in [1.82, 2.24) is 14.8 Å². The van der Waals surface area contributed by atoms with Gasteiger partial charge in [-0.05, 0) is 50.6 Å². The van der Waals surface area contributed by atoms with Crippen molar-refractivity contribution in [3.63, 3.8) is 0 Å². The molecule has 1 unspecified atom stereocenters. The summed E-state index contributed by atoms with van der Waals surface area (Å²) >= 11 is 1.75. The van der Waals surface area contributed by atoms with Gasteiger partial charge in [0, 0.05) is 36.6 Å². The number of aryl methyl sites for hydroxylation is 1. The van der Waals surface area contributed by atoms with Crippen LogP contribution in [0.5, 0.6) is 0 Å². The standard InChI is InChI=1S/C19H26N4OS/c1-14-18(25-13-21-14)12-22(2)9-16-7-8-23(11-16)10-15-3-5-17(6-4-15)19(20)24/h3-6,13,16H,7-12H2,1-2H3,(H2,20,24). The molecule has 1 amide bonds. The van der Waals surface area contributed by atoms with E-state index >= 15 is 0 Å². The van der Waals surface area contributed by atoms with Gasteiger partial charge in [0.25, 0.3) is 0 Å². The first kappa shape index (κ1) is 18.0. The maximum atomic E-state index is 11.1. The van der Waals surface area contributed by atoms with Crippen LogP contribution < -0.4 is 5.73 Å². The molecule has 1 fully saturated rings. The van der Waals surface area contributed by atoms with E-state index in [-0.39, 0.29) is 5.91 Å². The Kier molecular flexibility index (Phi) is 5.83. The molecule has 0 bridgehead atoms. The van der Waals surface area contributed by atoms with Gasteiger partial charge in [-0.25, -0.2) is 4.98 Å². The van der Waals surface area contributed by atoms with Gasteiger partial charge in [-0.3, -0.25) is 9.69 Å². The lowest BCUT2D eigenvalue weighted by Gasteiger charge is -2.21. The first-order valence-corrected chi connectivity index (χ1v) is 9.58. The lowest BCUT2D eigenvalue weighted by Crippen LogP contribution is -2.28. The molecular formula is C19H26N4OS. The van der Waals surface area contributed by atoms with Crippen molar-refractivity contribution in [3.05, 3.63) is 51.5 Å². The van der Waals surface area contributed by atoms with Gasteiger partial charge in [-0.2, -0.15) is 0 Å². The van der Waals surface area contributed by atoms with Gasteiger partial charge in [-0.1, -0.05) is 12.1 Å². The van der Waals surface area contributed by atoms with Crippen LogP contribution in [0.4, 0.5) is 0 Å². The molecule has 3 rings (SSSR count). The van der Waals surface area contributed by atoms with Gasteiger partial charge >= 0.3 is 0 Å². The molecule has 2 heterocycles. The Labute approximate surface area is 153 Å². The van der Waals surface area contributed by atoms with Crippen LogP contribution in [-0.4, -0.2) is 47.4 Å². The van der Waals surface area contributed by atoms with Crippen molar-refractivity contribution < 1.29 is 4.79 Å². The van der Waals surface area contributed by atoms with Gasteiger partial charge in [-0.15, -0.1) is 11.3 Å². The molecule has 1 aliphatic rings. The fraction of sp³-hybridized carbons (Fsp3) is 0.474. The van der Waals surface area contributed by atoms with Gasteiger partial charge in [0.15, 0.2) is 0 Å². The SMILES string of the molecule is Cc1ncsc1CN(C)CC1CCN(Cc2ccc(C(N)=O)cc2)C1. The second-order valence-electron chi connectivity index (χ2n) is 7.01. The highest BCUT2D eigenvalue weighted by molar-refractivity contribution is 7.09. The number of primary amides is 1. The molecule has 0 saturated carbocycles. The number of hydrogen-bond donors (Lipinski definition) is 1. The molecule has 25 heavy (non-hydrogen) atoms. The van der Waals surface area contributed by atoms with Crippen LogP contribution in [0.1, 0.15) is 32.9 Å². The smallest absolute Gasteiger partial charge is 0.248 e. The lowest BCUT2D eigenvalue weighted by atomic mass is 10.1. The van der Waals surface area contributed by atoms with Crippen LogP contribution in [0, 0.1) is 12.8 Å². The summed E-state index contributed by atoms with van der Waals surface area (Å²) in [4.78, 5) is 21.7. The van der Waals surface area contributed by atoms with Gasteiger partial charge in [0.2, 0.25) is 5.91 Å². The summed E-state index contributed by atoms with van der Waals surface area (Å²) in [7, 11) is 2.20. The largest absolute Gasteiger partial charge is 0.366 e. The Morgan fingerprint density at radius 1 is 1.40 bits per heavy atom. The minimum atomic E-state index is -0.369. The van der Waals surface area contributed by atoms with E-state index in [0.717, 1.165) is 38.4 Å². The zero-order valence-electron chi connectivity index (χ0n) is 14.9. The van der Waals surface area contributed by atoms with E-state index in [0.29, 0.717) is 11.5 Å². The van der Waals surface area contributed by atoms with Crippen LogP contribution in [-0.2, 0) is 13.1 Å². The van der Waals surface area contributed by atoms with Crippen molar-refractivity contribution in [2.45, 2.75) is 26.4 Å². The number of nitrogens with zero attached hydrogens (tertiary/aromatic N) is 3. The molecule has 6 heteroatoms. The minimum Gasteiger partial charge on any atom is -0.366 e. The fourth-order valence-electron chi connectivity index (χ4n) is 3.47. The topological polar surface area (TPSA) is 62.5 Å². The maximum Gasteiger partial charge on any atom is 0.248 e. The molecule has 1 saturated heterocycles. The van der Waals surface area contributed by atoms with E-state index in [2.05, 4.69) is 28.8 Å². The summed E-state index contributed by atoms with van der Waals surface area (Å²) in [5.74, 6) is 0.343. The van der Waals surface area contributed by atoms with Crippen molar-refractivity contribution in [2.75, 3.05) is 26.7 Å². The molecule has 5 nitrogen and oxygen atoms in total. The zero-order chi connectivity index (χ0) is 17.8. The molecule has 2 N–H and O–H groups in total. The highest BCUT2D eigenvalue weighted by atomic mass is 32.1. The Hall–Kier alpha value is -1.76. The third-order valence-corrected chi connectivity index (χ3v) is 5.76. The molecule has 1 aliphatic heterocycles. The summed E-state index contributed by atoms with van der Waals surface area (Å²) in [6.45, 7) is 7.39. The van der Waals surface area contributed by atoms with E-state index in [9.17, 15) is 4.79 Å². The summed E-state index contributed by atoms with van der Waals surface area (Å²) in [5, 5.41) is 0. The molecule has 134 valence electrons. The number of thiazole rings is 1. The maximum absolute atomic E-state index is 11.1. The fourth-order valence-corrected chi connectivity index (χ4v) is 4.32. The quantitative estimate of drug-likeness (QED) is 0.826. The number of nitrogens with two attached hydrogens (primary N) is 1. The molecule has 1 aromatic heterocycles. The number of carbonyl (C=O) groups is 1. The Bertz CT molecular complexity index is 712. The van der Waals surface area contributed by atoms with Crippen molar-refractivity contribution >= 4 is 17.2 Å². The first-order chi connectivity index (χ1) is 12.0. The predicted molar refractivity (Wildman–Crippen MR) is 102 cm³/mol. The second kappa shape index (κ2) is 8.08. The highest BCUT2D eigenvalue weighted by Gasteiger charge is 2.23. The van der Waals surface area contributed by atoms with Crippen LogP contribution in [0.2, 0.25) is 0 Å². The highest BCUT2D eigenvalue weighted by Crippen LogP contribution is 2.21. The van der Waals surface area contributed by atoms with E-state index in [1.165, 1.54) is 16.9 Å². The van der Waals surface area contributed by atoms with Crippen LogP contribution in [0.15, 0.2) is 29.8 Å². The summed E-state index contributed by atoms with van der Waals surface area (Å²) in [6, 6.07) is 7.64. The van der Waals surface area contributed by atoms with Crippen molar-refractivity contribution in [2.24, 2.45) is 11.7 Å². The number of amides is 1. The van der Waals surface area contributed by atoms with Crippen molar-refractivity contribution in [3.8, 4) is 0 Å². The molecule has 2 aromatic rings. The van der Waals surface area contributed by atoms with Crippen LogP contribution in [0.25, 0.3) is 0 Å². The minimum absolute atomic E-state index is 0.369.